The van der Waals surface area contributed by atoms with Crippen LogP contribution in [0.1, 0.15) is 31.3 Å². The number of carbonyl (C=O) groups is 1. The van der Waals surface area contributed by atoms with Crippen LogP contribution in [-0.4, -0.2) is 21.7 Å². The smallest absolute Gasteiger partial charge is 0.270 e. The summed E-state index contributed by atoms with van der Waals surface area (Å²) in [4.78, 5) is 12.9. The topological polar surface area (TPSA) is 46.9 Å². The summed E-state index contributed by atoms with van der Waals surface area (Å²) in [6, 6.07) is 14.8. The molecule has 0 fully saturated rings. The van der Waals surface area contributed by atoms with E-state index in [0.29, 0.717) is 22.3 Å². The van der Waals surface area contributed by atoms with Gasteiger partial charge in [0, 0.05) is 16.6 Å². The van der Waals surface area contributed by atoms with E-state index < -0.39 is 0 Å². The Bertz CT molecular complexity index is 933. The minimum Gasteiger partial charge on any atom is -0.348 e. The van der Waals surface area contributed by atoms with Gasteiger partial charge in [0.15, 0.2) is 0 Å². The monoisotopic (exact) mass is 385 g/mol. The second kappa shape index (κ2) is 7.92. The maximum atomic E-state index is 13.2. The molecule has 1 N–H and O–H groups in total. The molecule has 1 amide bonds. The van der Waals surface area contributed by atoms with Crippen LogP contribution >= 0.6 is 11.6 Å². The maximum absolute atomic E-state index is 13.2. The molecule has 0 radical (unpaired) electrons. The van der Waals surface area contributed by atoms with Crippen molar-refractivity contribution < 1.29 is 9.18 Å². The second-order valence-corrected chi connectivity index (χ2v) is 7.25. The average Bonchev–Trinajstić information content (AvgIpc) is 3.08. The molecule has 2 aromatic carbocycles. The Kier molecular flexibility index (Phi) is 5.61. The van der Waals surface area contributed by atoms with Crippen LogP contribution in [0, 0.1) is 11.7 Å². The number of benzene rings is 2. The van der Waals surface area contributed by atoms with Gasteiger partial charge in [0.05, 0.1) is 11.4 Å². The lowest BCUT2D eigenvalue weighted by molar-refractivity contribution is 0.0922. The summed E-state index contributed by atoms with van der Waals surface area (Å²) in [7, 11) is 0. The quantitative estimate of drug-likeness (QED) is 0.663. The number of nitrogens with one attached hydrogen (secondary N) is 1. The van der Waals surface area contributed by atoms with Crippen molar-refractivity contribution in [3.63, 3.8) is 0 Å². The normalized spacial score (nSPS) is 12.2. The minimum absolute atomic E-state index is 0.0142. The van der Waals surface area contributed by atoms with Crippen molar-refractivity contribution in [2.24, 2.45) is 5.92 Å². The summed E-state index contributed by atoms with van der Waals surface area (Å²) in [5, 5.41) is 8.18. The number of halogens is 2. The zero-order chi connectivity index (χ0) is 19.6. The Balaban J connectivity index is 2.04. The zero-order valence-corrected chi connectivity index (χ0v) is 16.2. The fraction of sp³-hybridized carbons (Fsp3) is 0.238. The van der Waals surface area contributed by atoms with Crippen LogP contribution in [-0.2, 0) is 0 Å². The summed E-state index contributed by atoms with van der Waals surface area (Å²) in [6.07, 6.45) is 0. The highest BCUT2D eigenvalue weighted by molar-refractivity contribution is 6.30. The molecule has 27 heavy (non-hydrogen) atoms. The molecule has 140 valence electrons. The lowest BCUT2D eigenvalue weighted by atomic mass is 10.1. The molecule has 0 aliphatic rings. The average molecular weight is 386 g/mol. The molecule has 3 aromatic rings. The van der Waals surface area contributed by atoms with Crippen LogP contribution in [0.15, 0.2) is 54.6 Å². The molecule has 6 heteroatoms. The number of hydrogen-bond donors (Lipinski definition) is 1. The first-order valence-corrected chi connectivity index (χ1v) is 9.16. The van der Waals surface area contributed by atoms with Crippen molar-refractivity contribution in [1.82, 2.24) is 15.1 Å². The van der Waals surface area contributed by atoms with Gasteiger partial charge in [-0.05, 0) is 67.4 Å². The maximum Gasteiger partial charge on any atom is 0.270 e. The third kappa shape index (κ3) is 4.37. The molecular weight excluding hydrogens is 365 g/mol. The molecule has 3 rings (SSSR count). The van der Waals surface area contributed by atoms with Gasteiger partial charge in [-0.3, -0.25) is 4.79 Å². The Hall–Kier alpha value is -2.66. The van der Waals surface area contributed by atoms with Gasteiger partial charge >= 0.3 is 0 Å². The molecule has 0 aliphatic carbocycles. The summed E-state index contributed by atoms with van der Waals surface area (Å²) in [5.74, 6) is -0.232. The van der Waals surface area contributed by atoms with Gasteiger partial charge in [-0.15, -0.1) is 0 Å². The van der Waals surface area contributed by atoms with Crippen LogP contribution in [0.4, 0.5) is 4.39 Å². The molecule has 1 unspecified atom stereocenters. The summed E-state index contributed by atoms with van der Waals surface area (Å²) in [6.45, 7) is 6.06. The minimum atomic E-state index is -0.320. The van der Waals surface area contributed by atoms with E-state index in [2.05, 4.69) is 10.4 Å². The fourth-order valence-corrected chi connectivity index (χ4v) is 2.66. The van der Waals surface area contributed by atoms with Gasteiger partial charge in [-0.2, -0.15) is 5.10 Å². The van der Waals surface area contributed by atoms with E-state index in [-0.39, 0.29) is 17.8 Å². The molecule has 4 nitrogen and oxygen atoms in total. The van der Waals surface area contributed by atoms with Crippen LogP contribution in [0.25, 0.3) is 16.9 Å². The van der Waals surface area contributed by atoms with E-state index in [0.717, 1.165) is 11.3 Å². The molecule has 0 aliphatic heterocycles. The lowest BCUT2D eigenvalue weighted by Gasteiger charge is -2.17. The number of aromatic nitrogens is 2. The first-order valence-electron chi connectivity index (χ1n) is 8.78. The number of hydrogen-bond acceptors (Lipinski definition) is 2. The van der Waals surface area contributed by atoms with Crippen molar-refractivity contribution >= 4 is 17.5 Å². The third-order valence-corrected chi connectivity index (χ3v) is 4.76. The lowest BCUT2D eigenvalue weighted by Crippen LogP contribution is -2.37. The molecule has 0 saturated heterocycles. The van der Waals surface area contributed by atoms with Gasteiger partial charge in [0.2, 0.25) is 0 Å². The third-order valence-electron chi connectivity index (χ3n) is 4.51. The first kappa shape index (κ1) is 19.1. The van der Waals surface area contributed by atoms with Gasteiger partial charge in [-0.1, -0.05) is 25.4 Å². The van der Waals surface area contributed by atoms with Gasteiger partial charge in [-0.25, -0.2) is 9.07 Å². The fourth-order valence-electron chi connectivity index (χ4n) is 2.53. The molecule has 1 atom stereocenters. The second-order valence-electron chi connectivity index (χ2n) is 6.82. The number of nitrogens with zero attached hydrogens (tertiary/aromatic N) is 2. The van der Waals surface area contributed by atoms with E-state index >= 15 is 0 Å². The van der Waals surface area contributed by atoms with Crippen LogP contribution in [0.3, 0.4) is 0 Å². The molecule has 0 spiro atoms. The van der Waals surface area contributed by atoms with Gasteiger partial charge < -0.3 is 5.32 Å². The highest BCUT2D eigenvalue weighted by atomic mass is 35.5. The van der Waals surface area contributed by atoms with E-state index in [9.17, 15) is 9.18 Å². The largest absolute Gasteiger partial charge is 0.348 e. The highest BCUT2D eigenvalue weighted by Crippen LogP contribution is 2.23. The summed E-state index contributed by atoms with van der Waals surface area (Å²) >= 11 is 5.98. The Morgan fingerprint density at radius 1 is 1.07 bits per heavy atom. The van der Waals surface area contributed by atoms with E-state index in [1.807, 2.05) is 20.8 Å². The van der Waals surface area contributed by atoms with Crippen molar-refractivity contribution in [2.45, 2.75) is 26.8 Å². The molecular formula is C21H21ClFN3O. The van der Waals surface area contributed by atoms with Crippen molar-refractivity contribution in [3.05, 3.63) is 71.1 Å². The molecule has 0 bridgehead atoms. The van der Waals surface area contributed by atoms with Crippen LogP contribution < -0.4 is 5.32 Å². The predicted molar refractivity (Wildman–Crippen MR) is 106 cm³/mol. The van der Waals surface area contributed by atoms with Gasteiger partial charge in [0.25, 0.3) is 5.91 Å². The standard InChI is InChI=1S/C21H21ClFN3O/c1-13(2)14(3)24-21(27)20-12-19(15-4-8-17(23)9-5-15)25-26(20)18-10-6-16(22)7-11-18/h4-14H,1-3H3,(H,24,27). The van der Waals surface area contributed by atoms with Crippen molar-refractivity contribution in [2.75, 3.05) is 0 Å². The van der Waals surface area contributed by atoms with Gasteiger partial charge in [0.1, 0.15) is 11.5 Å². The summed E-state index contributed by atoms with van der Waals surface area (Å²) in [5.41, 5.74) is 2.45. The first-order chi connectivity index (χ1) is 12.8. The number of amides is 1. The predicted octanol–water partition coefficient (Wildman–Crippen LogP) is 5.11. The van der Waals surface area contributed by atoms with Crippen LogP contribution in [0.2, 0.25) is 5.02 Å². The molecule has 1 aromatic heterocycles. The Morgan fingerprint density at radius 3 is 2.30 bits per heavy atom. The molecule has 1 heterocycles. The van der Waals surface area contributed by atoms with E-state index in [1.54, 1.807) is 47.1 Å². The van der Waals surface area contributed by atoms with Crippen molar-refractivity contribution in [1.29, 1.82) is 0 Å². The van der Waals surface area contributed by atoms with Crippen LogP contribution in [0.5, 0.6) is 0 Å². The SMILES string of the molecule is CC(C)C(C)NC(=O)c1cc(-c2ccc(F)cc2)nn1-c1ccc(Cl)cc1. The molecule has 0 saturated carbocycles. The Labute approximate surface area is 163 Å². The van der Waals surface area contributed by atoms with E-state index in [1.165, 1.54) is 12.1 Å². The van der Waals surface area contributed by atoms with Crippen molar-refractivity contribution in [3.8, 4) is 16.9 Å². The number of carbonyl (C=O) groups excluding carboxylic acids is 1. The zero-order valence-electron chi connectivity index (χ0n) is 15.4. The number of rotatable bonds is 5. The highest BCUT2D eigenvalue weighted by Gasteiger charge is 2.20. The summed E-state index contributed by atoms with van der Waals surface area (Å²) < 4.78 is 14.8. The van der Waals surface area contributed by atoms with E-state index in [4.69, 9.17) is 11.6 Å². The Morgan fingerprint density at radius 2 is 1.70 bits per heavy atom.